The number of rotatable bonds is 25. The highest BCUT2D eigenvalue weighted by molar-refractivity contribution is 5.69. The molecule has 0 aliphatic rings. The van der Waals surface area contributed by atoms with Gasteiger partial charge in [0, 0.05) is 13.0 Å². The maximum Gasteiger partial charge on any atom is 0.305 e. The zero-order valence-corrected chi connectivity index (χ0v) is 21.6. The van der Waals surface area contributed by atoms with Gasteiger partial charge in [-0.25, -0.2) is 0 Å². The van der Waals surface area contributed by atoms with Crippen LogP contribution in [0.25, 0.3) is 0 Å². The van der Waals surface area contributed by atoms with Crippen molar-refractivity contribution in [2.75, 3.05) is 13.2 Å². The smallest absolute Gasteiger partial charge is 0.305 e. The molecule has 1 unspecified atom stereocenters. The van der Waals surface area contributed by atoms with Crippen LogP contribution >= 0.6 is 0 Å². The van der Waals surface area contributed by atoms with Crippen molar-refractivity contribution in [1.82, 2.24) is 0 Å². The zero-order chi connectivity index (χ0) is 22.8. The second kappa shape index (κ2) is 25.7. The van der Waals surface area contributed by atoms with Crippen LogP contribution in [0.2, 0.25) is 0 Å². The Labute approximate surface area is 195 Å². The minimum atomic E-state index is -0.0569. The summed E-state index contributed by atoms with van der Waals surface area (Å²) in [6.07, 6.45) is 26.3. The predicted octanol–water partition coefficient (Wildman–Crippen LogP) is 9.17. The van der Waals surface area contributed by atoms with Gasteiger partial charge in [-0.3, -0.25) is 4.79 Å². The predicted molar refractivity (Wildman–Crippen MR) is 135 cm³/mol. The maximum atomic E-state index is 11.9. The molecule has 1 atom stereocenters. The van der Waals surface area contributed by atoms with Gasteiger partial charge in [0.15, 0.2) is 0 Å². The fraction of sp³-hybridized carbons (Fsp3) is 0.964. The topological polar surface area (TPSA) is 35.5 Å². The van der Waals surface area contributed by atoms with E-state index in [2.05, 4.69) is 20.8 Å². The summed E-state index contributed by atoms with van der Waals surface area (Å²) >= 11 is 0. The van der Waals surface area contributed by atoms with Gasteiger partial charge >= 0.3 is 5.97 Å². The van der Waals surface area contributed by atoms with E-state index in [-0.39, 0.29) is 12.1 Å². The first-order valence-corrected chi connectivity index (χ1v) is 14.0. The molecule has 3 heteroatoms. The summed E-state index contributed by atoms with van der Waals surface area (Å²) in [5, 5.41) is 0. The van der Waals surface area contributed by atoms with Crippen molar-refractivity contribution in [3.8, 4) is 0 Å². The van der Waals surface area contributed by atoms with E-state index in [1.165, 1.54) is 89.9 Å². The summed E-state index contributed by atoms with van der Waals surface area (Å²) in [4.78, 5) is 11.9. The summed E-state index contributed by atoms with van der Waals surface area (Å²) < 4.78 is 11.4. The third-order valence-electron chi connectivity index (χ3n) is 6.16. The molecule has 0 aliphatic carbocycles. The van der Waals surface area contributed by atoms with E-state index >= 15 is 0 Å². The van der Waals surface area contributed by atoms with E-state index in [1.807, 2.05) is 0 Å². The van der Waals surface area contributed by atoms with Gasteiger partial charge < -0.3 is 9.47 Å². The molecule has 0 N–H and O–H groups in total. The molecule has 0 heterocycles. The van der Waals surface area contributed by atoms with Crippen molar-refractivity contribution in [1.29, 1.82) is 0 Å². The summed E-state index contributed by atoms with van der Waals surface area (Å²) in [5.41, 5.74) is 0. The number of carbonyl (C=O) groups is 1. The van der Waals surface area contributed by atoms with Crippen LogP contribution in [-0.2, 0) is 14.3 Å². The molecule has 0 rings (SSSR count). The second-order valence-corrected chi connectivity index (χ2v) is 9.34. The number of unbranched alkanes of at least 4 members (excludes halogenated alkanes) is 15. The number of carbonyl (C=O) groups excluding carboxylic acids is 1. The highest BCUT2D eigenvalue weighted by Crippen LogP contribution is 2.16. The largest absolute Gasteiger partial charge is 0.466 e. The van der Waals surface area contributed by atoms with Crippen LogP contribution in [0, 0.1) is 0 Å². The zero-order valence-electron chi connectivity index (χ0n) is 21.6. The Balaban J connectivity index is 3.65. The Morgan fingerprint density at radius 1 is 0.548 bits per heavy atom. The number of hydrogen-bond acceptors (Lipinski definition) is 3. The quantitative estimate of drug-likeness (QED) is 0.105. The van der Waals surface area contributed by atoms with Crippen LogP contribution in [-0.4, -0.2) is 25.3 Å². The molecule has 0 bridgehead atoms. The van der Waals surface area contributed by atoms with Gasteiger partial charge in [-0.1, -0.05) is 124 Å². The molecule has 3 nitrogen and oxygen atoms in total. The average Bonchev–Trinajstić information content (AvgIpc) is 2.77. The normalized spacial score (nSPS) is 12.2. The number of hydrogen-bond donors (Lipinski definition) is 0. The molecule has 0 aromatic carbocycles. The van der Waals surface area contributed by atoms with Gasteiger partial charge in [0.2, 0.25) is 0 Å². The lowest BCUT2D eigenvalue weighted by Crippen LogP contribution is -2.17. The SMILES string of the molecule is CCCCCCCCCCCCCCCCC(CCC(=O)OCCCC)OCCCC. The van der Waals surface area contributed by atoms with Crippen molar-refractivity contribution < 1.29 is 14.3 Å². The molecule has 0 spiro atoms. The van der Waals surface area contributed by atoms with Gasteiger partial charge in [0.25, 0.3) is 0 Å². The van der Waals surface area contributed by atoms with E-state index in [9.17, 15) is 4.79 Å². The third-order valence-corrected chi connectivity index (χ3v) is 6.16. The van der Waals surface area contributed by atoms with E-state index in [0.717, 1.165) is 45.1 Å². The Kier molecular flexibility index (Phi) is 25.2. The van der Waals surface area contributed by atoms with Crippen LogP contribution in [0.3, 0.4) is 0 Å². The average molecular weight is 441 g/mol. The molecule has 0 saturated heterocycles. The van der Waals surface area contributed by atoms with E-state index in [1.54, 1.807) is 0 Å². The van der Waals surface area contributed by atoms with Crippen LogP contribution in [0.5, 0.6) is 0 Å². The van der Waals surface area contributed by atoms with Crippen LogP contribution in [0.15, 0.2) is 0 Å². The molecular formula is C28H56O3. The molecule has 186 valence electrons. The Bertz CT molecular complexity index is 356. The minimum absolute atomic E-state index is 0.0569. The summed E-state index contributed by atoms with van der Waals surface area (Å²) in [6, 6.07) is 0. The molecule has 0 amide bonds. The summed E-state index contributed by atoms with van der Waals surface area (Å²) in [5.74, 6) is -0.0569. The molecule has 0 aromatic heterocycles. The lowest BCUT2D eigenvalue weighted by molar-refractivity contribution is -0.144. The minimum Gasteiger partial charge on any atom is -0.466 e. The van der Waals surface area contributed by atoms with Crippen molar-refractivity contribution >= 4 is 5.97 Å². The molecule has 0 aromatic rings. The second-order valence-electron chi connectivity index (χ2n) is 9.34. The molecule has 0 saturated carbocycles. The Morgan fingerprint density at radius 2 is 1.00 bits per heavy atom. The summed E-state index contributed by atoms with van der Waals surface area (Å²) in [7, 11) is 0. The number of ether oxygens (including phenoxy) is 2. The van der Waals surface area contributed by atoms with Crippen molar-refractivity contribution in [3.05, 3.63) is 0 Å². The van der Waals surface area contributed by atoms with Crippen LogP contribution < -0.4 is 0 Å². The standard InChI is InChI=1S/C28H56O3/c1-4-7-10-11-12-13-14-15-16-17-18-19-20-21-22-27(30-25-8-5-2)23-24-28(29)31-26-9-6-3/h27H,4-26H2,1-3H3. The van der Waals surface area contributed by atoms with Crippen molar-refractivity contribution in [2.24, 2.45) is 0 Å². The lowest BCUT2D eigenvalue weighted by atomic mass is 10.0. The van der Waals surface area contributed by atoms with Crippen molar-refractivity contribution in [3.63, 3.8) is 0 Å². The first-order chi connectivity index (χ1) is 15.2. The van der Waals surface area contributed by atoms with E-state index in [0.29, 0.717) is 13.0 Å². The molecular weight excluding hydrogens is 384 g/mol. The highest BCUT2D eigenvalue weighted by Gasteiger charge is 2.12. The first-order valence-electron chi connectivity index (χ1n) is 14.0. The monoisotopic (exact) mass is 440 g/mol. The fourth-order valence-electron chi connectivity index (χ4n) is 3.95. The van der Waals surface area contributed by atoms with Gasteiger partial charge in [0.05, 0.1) is 12.7 Å². The fourth-order valence-corrected chi connectivity index (χ4v) is 3.95. The van der Waals surface area contributed by atoms with E-state index in [4.69, 9.17) is 9.47 Å². The van der Waals surface area contributed by atoms with Gasteiger partial charge in [-0.2, -0.15) is 0 Å². The van der Waals surface area contributed by atoms with E-state index < -0.39 is 0 Å². The van der Waals surface area contributed by atoms with Crippen LogP contribution in [0.4, 0.5) is 0 Å². The first kappa shape index (κ1) is 30.4. The van der Waals surface area contributed by atoms with Gasteiger partial charge in [-0.15, -0.1) is 0 Å². The van der Waals surface area contributed by atoms with Gasteiger partial charge in [-0.05, 0) is 25.7 Å². The third kappa shape index (κ3) is 23.9. The maximum absolute atomic E-state index is 11.9. The van der Waals surface area contributed by atoms with Crippen molar-refractivity contribution in [2.45, 2.75) is 162 Å². The number of esters is 1. The van der Waals surface area contributed by atoms with Crippen LogP contribution in [0.1, 0.15) is 156 Å². The molecule has 31 heavy (non-hydrogen) atoms. The Morgan fingerprint density at radius 3 is 1.52 bits per heavy atom. The summed E-state index contributed by atoms with van der Waals surface area (Å²) in [6.45, 7) is 7.98. The molecule has 0 aliphatic heterocycles. The van der Waals surface area contributed by atoms with Gasteiger partial charge in [0.1, 0.15) is 0 Å². The Hall–Kier alpha value is -0.570. The molecule has 0 fully saturated rings. The molecule has 0 radical (unpaired) electrons. The highest BCUT2D eigenvalue weighted by atomic mass is 16.5. The lowest BCUT2D eigenvalue weighted by Gasteiger charge is -2.17.